The van der Waals surface area contributed by atoms with E-state index in [0.717, 1.165) is 43.3 Å². The van der Waals surface area contributed by atoms with Gasteiger partial charge in [0.1, 0.15) is 6.54 Å². The van der Waals surface area contributed by atoms with Crippen LogP contribution in [-0.2, 0) is 11.3 Å². The first-order valence-electron chi connectivity index (χ1n) is 14.0. The molecule has 5 heteroatoms. The zero-order valence-electron chi connectivity index (χ0n) is 22.0. The molecule has 4 aliphatic rings. The summed E-state index contributed by atoms with van der Waals surface area (Å²) in [6, 6.07) is 0. The van der Waals surface area contributed by atoms with Crippen LogP contribution >= 0.6 is 0 Å². The van der Waals surface area contributed by atoms with Crippen LogP contribution < -0.4 is 0 Å². The van der Waals surface area contributed by atoms with Gasteiger partial charge in [-0.15, -0.1) is 0 Å². The second-order valence-electron chi connectivity index (χ2n) is 13.4. The fourth-order valence-electron chi connectivity index (χ4n) is 9.59. The standard InChI is InChI=1S/C29H46F2N2O/c1-19(2)21-15-32-33(16-21)18-29(30,31)26-9-8-25-23-10-12-27(3)14-20(17-34-5)6-7-24(27)22(23)11-13-28(25,26)4/h15-16,19-20,22-26H,6-14,17-18H2,1-5H3/t20?,22?,23?,24?,25?,26?,27-,28?/m1/s1. The Bertz CT molecular complexity index is 868. The van der Waals surface area contributed by atoms with Crippen molar-refractivity contribution in [3.8, 4) is 0 Å². The number of halogens is 2. The lowest BCUT2D eigenvalue weighted by atomic mass is 9.45. The zero-order chi connectivity index (χ0) is 24.3. The van der Waals surface area contributed by atoms with E-state index in [1.165, 1.54) is 36.8 Å². The van der Waals surface area contributed by atoms with Crippen molar-refractivity contribution < 1.29 is 13.5 Å². The molecule has 0 radical (unpaired) electrons. The topological polar surface area (TPSA) is 27.1 Å². The third kappa shape index (κ3) is 4.06. The minimum atomic E-state index is -2.71. The monoisotopic (exact) mass is 476 g/mol. The zero-order valence-corrected chi connectivity index (χ0v) is 22.0. The second kappa shape index (κ2) is 8.85. The number of methoxy groups -OCH3 is 1. The van der Waals surface area contributed by atoms with Crippen LogP contribution in [-0.4, -0.2) is 29.4 Å². The highest BCUT2D eigenvalue weighted by molar-refractivity contribution is 5.12. The van der Waals surface area contributed by atoms with Gasteiger partial charge in [-0.25, -0.2) is 8.78 Å². The van der Waals surface area contributed by atoms with E-state index in [2.05, 4.69) is 32.8 Å². The van der Waals surface area contributed by atoms with Crippen molar-refractivity contribution in [2.24, 2.45) is 46.3 Å². The molecule has 0 aromatic carbocycles. The van der Waals surface area contributed by atoms with E-state index in [9.17, 15) is 0 Å². The first kappa shape index (κ1) is 24.7. The fraction of sp³-hybridized carbons (Fsp3) is 0.897. The van der Waals surface area contributed by atoms with Crippen LogP contribution in [0.25, 0.3) is 0 Å². The molecule has 0 saturated heterocycles. The summed E-state index contributed by atoms with van der Waals surface area (Å²) in [5.41, 5.74) is 1.23. The van der Waals surface area contributed by atoms with Crippen LogP contribution in [0.15, 0.2) is 12.4 Å². The predicted octanol–water partition coefficient (Wildman–Crippen LogP) is 7.56. The molecule has 1 heterocycles. The number of aromatic nitrogens is 2. The Morgan fingerprint density at radius 2 is 1.76 bits per heavy atom. The van der Waals surface area contributed by atoms with E-state index in [0.29, 0.717) is 35.5 Å². The first-order chi connectivity index (χ1) is 16.1. The number of rotatable bonds is 6. The highest BCUT2D eigenvalue weighted by Gasteiger charge is 2.63. The van der Waals surface area contributed by atoms with Crippen molar-refractivity contribution in [3.05, 3.63) is 18.0 Å². The number of fused-ring (bicyclic) bond motifs is 5. The Kier molecular flexibility index (Phi) is 6.43. The summed E-state index contributed by atoms with van der Waals surface area (Å²) in [5, 5.41) is 4.29. The molecule has 7 unspecified atom stereocenters. The molecule has 0 spiro atoms. The number of nitrogens with zero attached hydrogens (tertiary/aromatic N) is 2. The quantitative estimate of drug-likeness (QED) is 0.423. The minimum absolute atomic E-state index is 0.236. The molecule has 4 aliphatic carbocycles. The first-order valence-corrected chi connectivity index (χ1v) is 14.0. The Labute approximate surface area is 205 Å². The van der Waals surface area contributed by atoms with E-state index in [1.807, 2.05) is 13.3 Å². The maximum Gasteiger partial charge on any atom is 0.270 e. The molecule has 0 N–H and O–H groups in total. The fourth-order valence-corrected chi connectivity index (χ4v) is 9.59. The molecule has 8 atom stereocenters. The maximum atomic E-state index is 15.8. The van der Waals surface area contributed by atoms with Crippen molar-refractivity contribution in [2.75, 3.05) is 13.7 Å². The van der Waals surface area contributed by atoms with Gasteiger partial charge >= 0.3 is 0 Å². The summed E-state index contributed by atoms with van der Waals surface area (Å²) in [4.78, 5) is 0. The van der Waals surface area contributed by atoms with Gasteiger partial charge in [-0.2, -0.15) is 5.10 Å². The SMILES string of the molecule is COCC1CCC2C3CCC4(C)C(CCC4C(F)(F)Cn4cc(C(C)C)cn4)C3CC[C@]2(C)C1. The summed E-state index contributed by atoms with van der Waals surface area (Å²) in [7, 11) is 1.83. The van der Waals surface area contributed by atoms with Gasteiger partial charge in [-0.1, -0.05) is 27.7 Å². The van der Waals surface area contributed by atoms with Gasteiger partial charge in [0, 0.05) is 25.8 Å². The van der Waals surface area contributed by atoms with Crippen LogP contribution in [0.1, 0.15) is 97.0 Å². The van der Waals surface area contributed by atoms with E-state index in [1.54, 1.807) is 6.20 Å². The highest BCUT2D eigenvalue weighted by atomic mass is 19.3. The molecule has 0 bridgehead atoms. The number of hydrogen-bond donors (Lipinski definition) is 0. The van der Waals surface area contributed by atoms with E-state index in [-0.39, 0.29) is 12.0 Å². The summed E-state index contributed by atoms with van der Waals surface area (Å²) in [5.74, 6) is 0.411. The Hall–Kier alpha value is -0.970. The van der Waals surface area contributed by atoms with E-state index >= 15 is 8.78 Å². The van der Waals surface area contributed by atoms with Gasteiger partial charge in [-0.3, -0.25) is 4.68 Å². The lowest BCUT2D eigenvalue weighted by molar-refractivity contribution is -0.153. The molecule has 0 amide bonds. The summed E-state index contributed by atoms with van der Waals surface area (Å²) < 4.78 is 38.7. The molecule has 5 rings (SSSR count). The Morgan fingerprint density at radius 3 is 2.47 bits per heavy atom. The van der Waals surface area contributed by atoms with Crippen molar-refractivity contribution in [1.82, 2.24) is 9.78 Å². The number of alkyl halides is 2. The second-order valence-corrected chi connectivity index (χ2v) is 13.4. The number of ether oxygens (including phenoxy) is 1. The van der Waals surface area contributed by atoms with Crippen molar-refractivity contribution in [2.45, 2.75) is 104 Å². The molecular formula is C29H46F2N2O. The largest absolute Gasteiger partial charge is 0.384 e. The van der Waals surface area contributed by atoms with Crippen LogP contribution in [0.4, 0.5) is 8.78 Å². The molecule has 4 fully saturated rings. The lowest BCUT2D eigenvalue weighted by Crippen LogP contribution is -2.53. The lowest BCUT2D eigenvalue weighted by Gasteiger charge is -2.60. The third-order valence-electron chi connectivity index (χ3n) is 11.2. The maximum absolute atomic E-state index is 15.8. The van der Waals surface area contributed by atoms with Crippen molar-refractivity contribution >= 4 is 0 Å². The Balaban J connectivity index is 1.31. The highest BCUT2D eigenvalue weighted by Crippen LogP contribution is 2.68. The normalized spacial score (nSPS) is 42.4. The molecular weight excluding hydrogens is 430 g/mol. The molecule has 3 nitrogen and oxygen atoms in total. The summed E-state index contributed by atoms with van der Waals surface area (Å²) in [6.07, 6.45) is 13.8. The smallest absolute Gasteiger partial charge is 0.270 e. The molecule has 0 aliphatic heterocycles. The molecule has 1 aromatic rings. The van der Waals surface area contributed by atoms with Gasteiger partial charge in [0.15, 0.2) is 0 Å². The van der Waals surface area contributed by atoms with Crippen molar-refractivity contribution in [1.29, 1.82) is 0 Å². The van der Waals surface area contributed by atoms with E-state index < -0.39 is 11.8 Å². The van der Waals surface area contributed by atoms with Crippen LogP contribution in [0.2, 0.25) is 0 Å². The van der Waals surface area contributed by atoms with Gasteiger partial charge in [0.2, 0.25) is 0 Å². The summed E-state index contributed by atoms with van der Waals surface area (Å²) >= 11 is 0. The van der Waals surface area contributed by atoms with Gasteiger partial charge in [0.05, 0.1) is 6.20 Å². The van der Waals surface area contributed by atoms with Gasteiger partial charge < -0.3 is 4.74 Å². The van der Waals surface area contributed by atoms with Gasteiger partial charge in [-0.05, 0) is 110 Å². The Morgan fingerprint density at radius 1 is 1.06 bits per heavy atom. The number of hydrogen-bond acceptors (Lipinski definition) is 2. The average molecular weight is 477 g/mol. The molecule has 34 heavy (non-hydrogen) atoms. The minimum Gasteiger partial charge on any atom is -0.384 e. The molecule has 4 saturated carbocycles. The van der Waals surface area contributed by atoms with Crippen LogP contribution in [0.5, 0.6) is 0 Å². The van der Waals surface area contributed by atoms with E-state index in [4.69, 9.17) is 4.74 Å². The summed E-state index contributed by atoms with van der Waals surface area (Å²) in [6.45, 7) is 9.54. The third-order valence-corrected chi connectivity index (χ3v) is 11.2. The molecule has 192 valence electrons. The van der Waals surface area contributed by atoms with Gasteiger partial charge in [0.25, 0.3) is 5.92 Å². The van der Waals surface area contributed by atoms with Crippen LogP contribution in [0.3, 0.4) is 0 Å². The van der Waals surface area contributed by atoms with Crippen LogP contribution in [0, 0.1) is 46.3 Å². The predicted molar refractivity (Wildman–Crippen MR) is 132 cm³/mol. The van der Waals surface area contributed by atoms with Crippen molar-refractivity contribution in [3.63, 3.8) is 0 Å². The average Bonchev–Trinajstić information content (AvgIpc) is 3.37. The molecule has 1 aromatic heterocycles.